The standard InChI is InChI=1S/C31H41ClN2O5S/c1-21(2)23-12-15-26-25(18-23)28(40-30(3,4)5)27(33(26)20-22-10-13-24(32)14-11-22)19-31(6,7)29(35)38-16-8-9-17-39-34(36)37/h10-15,18,21H,8-9,16-17,19-20H2,1-7H3. The van der Waals surface area contributed by atoms with E-state index in [-0.39, 0.29) is 23.9 Å². The minimum absolute atomic E-state index is 0.00943. The van der Waals surface area contributed by atoms with Crippen molar-refractivity contribution in [2.75, 3.05) is 13.2 Å². The van der Waals surface area contributed by atoms with Crippen LogP contribution in [0, 0.1) is 15.5 Å². The number of unbranched alkanes of at least 4 members (excludes halogenated alkanes) is 1. The van der Waals surface area contributed by atoms with Crippen molar-refractivity contribution < 1.29 is 19.5 Å². The molecule has 0 aliphatic rings. The molecular formula is C31H41ClN2O5S. The molecule has 0 aliphatic heterocycles. The fourth-order valence-electron chi connectivity index (χ4n) is 4.50. The van der Waals surface area contributed by atoms with Crippen LogP contribution in [0.25, 0.3) is 10.9 Å². The molecule has 3 rings (SSSR count). The lowest BCUT2D eigenvalue weighted by atomic mass is 9.87. The van der Waals surface area contributed by atoms with Crippen LogP contribution >= 0.6 is 23.4 Å². The summed E-state index contributed by atoms with van der Waals surface area (Å²) in [5, 5.41) is 11.4. The predicted octanol–water partition coefficient (Wildman–Crippen LogP) is 8.46. The molecule has 1 heterocycles. The molecule has 0 aliphatic carbocycles. The number of carbonyl (C=O) groups excluding carboxylic acids is 1. The first kappa shape index (κ1) is 31.8. The summed E-state index contributed by atoms with van der Waals surface area (Å²) in [4.78, 5) is 29.1. The highest BCUT2D eigenvalue weighted by Crippen LogP contribution is 2.44. The van der Waals surface area contributed by atoms with E-state index >= 15 is 0 Å². The zero-order chi connectivity index (χ0) is 29.7. The van der Waals surface area contributed by atoms with Gasteiger partial charge in [-0.1, -0.05) is 64.4 Å². The zero-order valence-electron chi connectivity index (χ0n) is 24.6. The van der Waals surface area contributed by atoms with Gasteiger partial charge in [0, 0.05) is 44.2 Å². The third-order valence-electron chi connectivity index (χ3n) is 6.60. The number of halogens is 1. The molecule has 0 saturated carbocycles. The van der Waals surface area contributed by atoms with Crippen LogP contribution in [0.3, 0.4) is 0 Å². The van der Waals surface area contributed by atoms with Gasteiger partial charge in [0.2, 0.25) is 0 Å². The lowest BCUT2D eigenvalue weighted by Gasteiger charge is -2.26. The topological polar surface area (TPSA) is 83.6 Å². The molecule has 0 saturated heterocycles. The van der Waals surface area contributed by atoms with E-state index in [2.05, 4.69) is 62.2 Å². The summed E-state index contributed by atoms with van der Waals surface area (Å²) in [6.07, 6.45) is 1.43. The van der Waals surface area contributed by atoms with Crippen molar-refractivity contribution in [1.82, 2.24) is 4.57 Å². The normalized spacial score (nSPS) is 12.2. The van der Waals surface area contributed by atoms with Crippen LogP contribution in [0.1, 0.15) is 84.0 Å². The highest BCUT2D eigenvalue weighted by molar-refractivity contribution is 8.00. The third-order valence-corrected chi connectivity index (χ3v) is 8.13. The van der Waals surface area contributed by atoms with Crippen molar-refractivity contribution in [3.63, 3.8) is 0 Å². The Morgan fingerprint density at radius 1 is 1.05 bits per heavy atom. The van der Waals surface area contributed by atoms with Gasteiger partial charge in [0.1, 0.15) is 0 Å². The first-order chi connectivity index (χ1) is 18.7. The largest absolute Gasteiger partial charge is 0.465 e. The molecule has 0 N–H and O–H groups in total. The molecule has 0 spiro atoms. The van der Waals surface area contributed by atoms with Crippen LogP contribution in [0.5, 0.6) is 0 Å². The summed E-state index contributed by atoms with van der Waals surface area (Å²) in [7, 11) is 0. The van der Waals surface area contributed by atoms with Crippen LogP contribution in [0.4, 0.5) is 0 Å². The van der Waals surface area contributed by atoms with Crippen LogP contribution in [-0.4, -0.2) is 33.6 Å². The highest BCUT2D eigenvalue weighted by atomic mass is 35.5. The summed E-state index contributed by atoms with van der Waals surface area (Å²) in [5.41, 5.74) is 3.85. The van der Waals surface area contributed by atoms with E-state index in [1.165, 1.54) is 15.8 Å². The van der Waals surface area contributed by atoms with Gasteiger partial charge < -0.3 is 14.1 Å². The fourth-order valence-corrected chi connectivity index (χ4v) is 5.81. The summed E-state index contributed by atoms with van der Waals surface area (Å²) in [6.45, 7) is 15.7. The molecular weight excluding hydrogens is 548 g/mol. The molecule has 40 heavy (non-hydrogen) atoms. The molecule has 0 radical (unpaired) electrons. The van der Waals surface area contributed by atoms with Crippen LogP contribution in [-0.2, 0) is 27.3 Å². The maximum atomic E-state index is 13.3. The highest BCUT2D eigenvalue weighted by Gasteiger charge is 2.34. The molecule has 218 valence electrons. The second-order valence-corrected chi connectivity index (χ2v) is 14.4. The third kappa shape index (κ3) is 8.64. The maximum absolute atomic E-state index is 13.3. The van der Waals surface area contributed by atoms with Gasteiger partial charge in [0.05, 0.1) is 18.6 Å². The van der Waals surface area contributed by atoms with Crippen LogP contribution < -0.4 is 0 Å². The van der Waals surface area contributed by atoms with Gasteiger partial charge in [-0.25, -0.2) is 0 Å². The van der Waals surface area contributed by atoms with E-state index in [0.29, 0.717) is 36.7 Å². The number of benzene rings is 2. The Labute approximate surface area is 246 Å². The Morgan fingerprint density at radius 3 is 2.30 bits per heavy atom. The molecule has 0 fully saturated rings. The number of aromatic nitrogens is 1. The Hall–Kier alpha value is -2.71. The molecule has 0 unspecified atom stereocenters. The van der Waals surface area contributed by atoms with E-state index in [1.54, 1.807) is 0 Å². The van der Waals surface area contributed by atoms with E-state index in [0.717, 1.165) is 16.8 Å². The van der Waals surface area contributed by atoms with Crippen LogP contribution in [0.2, 0.25) is 5.02 Å². The fraction of sp³-hybridized carbons (Fsp3) is 0.516. The summed E-state index contributed by atoms with van der Waals surface area (Å²) in [6, 6.07) is 14.6. The Bertz CT molecular complexity index is 1330. The van der Waals surface area contributed by atoms with Gasteiger partial charge in [0.15, 0.2) is 0 Å². The minimum Gasteiger partial charge on any atom is -0.465 e. The van der Waals surface area contributed by atoms with Crippen molar-refractivity contribution in [1.29, 1.82) is 0 Å². The Kier molecular flexibility index (Phi) is 10.6. The van der Waals surface area contributed by atoms with Gasteiger partial charge in [-0.3, -0.25) is 4.79 Å². The summed E-state index contributed by atoms with van der Waals surface area (Å²) < 4.78 is 7.92. The van der Waals surface area contributed by atoms with E-state index in [9.17, 15) is 14.9 Å². The van der Waals surface area contributed by atoms with Crippen molar-refractivity contribution in [2.45, 2.75) is 89.8 Å². The molecule has 0 bridgehead atoms. The first-order valence-electron chi connectivity index (χ1n) is 13.7. The number of thioether (sulfide) groups is 1. The average Bonchev–Trinajstić information content (AvgIpc) is 3.12. The molecule has 7 nitrogen and oxygen atoms in total. The lowest BCUT2D eigenvalue weighted by Crippen LogP contribution is -2.30. The number of rotatable bonds is 13. The minimum atomic E-state index is -0.810. The van der Waals surface area contributed by atoms with Gasteiger partial charge >= 0.3 is 5.97 Å². The van der Waals surface area contributed by atoms with E-state index in [1.807, 2.05) is 49.9 Å². The molecule has 0 amide bonds. The van der Waals surface area contributed by atoms with Gasteiger partial charge in [-0.2, -0.15) is 0 Å². The number of esters is 1. The predicted molar refractivity (Wildman–Crippen MR) is 163 cm³/mol. The molecule has 0 atom stereocenters. The van der Waals surface area contributed by atoms with Crippen LogP contribution in [0.15, 0.2) is 47.4 Å². The number of carbonyl (C=O) groups is 1. The maximum Gasteiger partial charge on any atom is 0.311 e. The van der Waals surface area contributed by atoms with E-state index < -0.39 is 10.5 Å². The lowest BCUT2D eigenvalue weighted by molar-refractivity contribution is -0.757. The second kappa shape index (κ2) is 13.3. The van der Waals surface area contributed by atoms with Gasteiger partial charge in [0.25, 0.3) is 5.09 Å². The zero-order valence-corrected chi connectivity index (χ0v) is 26.2. The van der Waals surface area contributed by atoms with Gasteiger partial charge in [-0.05, 0) is 68.0 Å². The first-order valence-corrected chi connectivity index (χ1v) is 14.9. The second-order valence-electron chi connectivity index (χ2n) is 12.1. The molecule has 3 aromatic rings. The Morgan fingerprint density at radius 2 is 1.70 bits per heavy atom. The van der Waals surface area contributed by atoms with Crippen molar-refractivity contribution in [3.8, 4) is 0 Å². The number of fused-ring (bicyclic) bond motifs is 1. The SMILES string of the molecule is CC(C)c1ccc2c(c1)c(SC(C)(C)C)c(CC(C)(C)C(=O)OCCCCO[N+](=O)[O-])n2Cc1ccc(Cl)cc1. The number of nitrogens with zero attached hydrogens (tertiary/aromatic N) is 2. The number of ether oxygens (including phenoxy) is 1. The monoisotopic (exact) mass is 588 g/mol. The smallest absolute Gasteiger partial charge is 0.311 e. The number of hydrogen-bond acceptors (Lipinski definition) is 6. The van der Waals surface area contributed by atoms with Gasteiger partial charge in [-0.15, -0.1) is 21.9 Å². The summed E-state index contributed by atoms with van der Waals surface area (Å²) in [5.74, 6) is 0.0997. The summed E-state index contributed by atoms with van der Waals surface area (Å²) >= 11 is 8.00. The molecule has 9 heteroatoms. The molecule has 1 aromatic heterocycles. The van der Waals surface area contributed by atoms with Crippen molar-refractivity contribution in [2.24, 2.45) is 5.41 Å². The van der Waals surface area contributed by atoms with Crippen molar-refractivity contribution >= 4 is 40.2 Å². The quantitative estimate of drug-likeness (QED) is 0.0654. The molecule has 2 aromatic carbocycles. The Balaban J connectivity index is 2.01. The van der Waals surface area contributed by atoms with Crippen molar-refractivity contribution in [3.05, 3.63) is 74.4 Å². The average molecular weight is 589 g/mol. The van der Waals surface area contributed by atoms with E-state index in [4.69, 9.17) is 16.3 Å². The number of hydrogen-bond donors (Lipinski definition) is 0.